The Labute approximate surface area is 124 Å². The van der Waals surface area contributed by atoms with Gasteiger partial charge in [0.25, 0.3) is 5.56 Å². The zero-order valence-electron chi connectivity index (χ0n) is 12.3. The van der Waals surface area contributed by atoms with Crippen molar-refractivity contribution in [2.75, 3.05) is 14.1 Å². The van der Waals surface area contributed by atoms with Gasteiger partial charge >= 0.3 is 0 Å². The molecular weight excluding hydrogens is 264 g/mol. The molecule has 110 valence electrons. The summed E-state index contributed by atoms with van der Waals surface area (Å²) in [6.07, 6.45) is 1.80. The number of hydrogen-bond acceptors (Lipinski definition) is 2. The van der Waals surface area contributed by atoms with E-state index in [0.29, 0.717) is 13.1 Å². The molecule has 0 saturated heterocycles. The Kier molecular flexibility index (Phi) is 5.15. The Morgan fingerprint density at radius 3 is 2.48 bits per heavy atom. The van der Waals surface area contributed by atoms with Crippen molar-refractivity contribution in [3.63, 3.8) is 0 Å². The van der Waals surface area contributed by atoms with E-state index in [2.05, 4.69) is 27.8 Å². The predicted molar refractivity (Wildman–Crippen MR) is 85.5 cm³/mol. The van der Waals surface area contributed by atoms with E-state index in [0.717, 1.165) is 17.1 Å². The average molecular weight is 284 g/mol. The first-order chi connectivity index (χ1) is 10.2. The SMILES string of the molecule is CN=C(NC)NCc1ccc(Cn2ccccc2=O)cc1. The fourth-order valence-electron chi connectivity index (χ4n) is 2.02. The molecule has 0 spiro atoms. The van der Waals surface area contributed by atoms with Crippen molar-refractivity contribution in [1.82, 2.24) is 15.2 Å². The van der Waals surface area contributed by atoms with Gasteiger partial charge in [-0.15, -0.1) is 0 Å². The van der Waals surface area contributed by atoms with Crippen molar-refractivity contribution in [3.05, 3.63) is 70.1 Å². The van der Waals surface area contributed by atoms with Crippen LogP contribution < -0.4 is 16.2 Å². The second-order valence-electron chi connectivity index (χ2n) is 4.66. The highest BCUT2D eigenvalue weighted by Gasteiger charge is 1.99. The summed E-state index contributed by atoms with van der Waals surface area (Å²) in [5, 5.41) is 6.17. The topological polar surface area (TPSA) is 58.4 Å². The monoisotopic (exact) mass is 284 g/mol. The van der Waals surface area contributed by atoms with Crippen LogP contribution >= 0.6 is 0 Å². The van der Waals surface area contributed by atoms with Gasteiger partial charge in [-0.1, -0.05) is 30.3 Å². The number of rotatable bonds is 4. The lowest BCUT2D eigenvalue weighted by molar-refractivity contribution is 0.758. The molecule has 5 heteroatoms. The molecule has 0 aliphatic heterocycles. The number of pyridine rings is 1. The Morgan fingerprint density at radius 2 is 1.86 bits per heavy atom. The van der Waals surface area contributed by atoms with Crippen LogP contribution in [0.3, 0.4) is 0 Å². The van der Waals surface area contributed by atoms with Crippen LogP contribution in [0.5, 0.6) is 0 Å². The van der Waals surface area contributed by atoms with Crippen molar-refractivity contribution in [2.45, 2.75) is 13.1 Å². The first-order valence-electron chi connectivity index (χ1n) is 6.84. The fourth-order valence-corrected chi connectivity index (χ4v) is 2.02. The van der Waals surface area contributed by atoms with E-state index in [1.807, 2.05) is 25.2 Å². The van der Waals surface area contributed by atoms with Gasteiger partial charge in [0.15, 0.2) is 5.96 Å². The van der Waals surface area contributed by atoms with Gasteiger partial charge in [0.1, 0.15) is 0 Å². The second kappa shape index (κ2) is 7.28. The fraction of sp³-hybridized carbons (Fsp3) is 0.250. The van der Waals surface area contributed by atoms with Crippen LogP contribution in [-0.4, -0.2) is 24.6 Å². The lowest BCUT2D eigenvalue weighted by Crippen LogP contribution is -2.34. The molecule has 1 heterocycles. The zero-order valence-corrected chi connectivity index (χ0v) is 12.3. The molecule has 0 atom stereocenters. The number of hydrogen-bond donors (Lipinski definition) is 2. The molecule has 0 aliphatic carbocycles. The molecule has 0 amide bonds. The molecule has 21 heavy (non-hydrogen) atoms. The maximum Gasteiger partial charge on any atom is 0.250 e. The summed E-state index contributed by atoms with van der Waals surface area (Å²) in [7, 11) is 3.57. The highest BCUT2D eigenvalue weighted by Crippen LogP contribution is 2.05. The Morgan fingerprint density at radius 1 is 1.14 bits per heavy atom. The van der Waals surface area contributed by atoms with Gasteiger partial charge in [0, 0.05) is 32.9 Å². The summed E-state index contributed by atoms with van der Waals surface area (Å²) in [5.74, 6) is 0.759. The van der Waals surface area contributed by atoms with E-state index in [1.54, 1.807) is 29.9 Å². The van der Waals surface area contributed by atoms with Crippen molar-refractivity contribution in [2.24, 2.45) is 4.99 Å². The summed E-state index contributed by atoms with van der Waals surface area (Å²) in [6, 6.07) is 13.4. The summed E-state index contributed by atoms with van der Waals surface area (Å²) in [6.45, 7) is 1.30. The van der Waals surface area contributed by atoms with Gasteiger partial charge in [-0.3, -0.25) is 9.79 Å². The minimum absolute atomic E-state index is 0.0149. The third kappa shape index (κ3) is 4.21. The van der Waals surface area contributed by atoms with Crippen LogP contribution in [0.15, 0.2) is 58.4 Å². The van der Waals surface area contributed by atoms with Gasteiger partial charge in [-0.05, 0) is 17.2 Å². The Bertz CT molecular complexity index is 658. The molecule has 2 rings (SSSR count). The Balaban J connectivity index is 1.99. The summed E-state index contributed by atoms with van der Waals surface area (Å²) < 4.78 is 1.69. The van der Waals surface area contributed by atoms with Gasteiger partial charge in [0.2, 0.25) is 0 Å². The van der Waals surface area contributed by atoms with E-state index in [-0.39, 0.29) is 5.56 Å². The number of benzene rings is 1. The van der Waals surface area contributed by atoms with E-state index in [1.165, 1.54) is 0 Å². The maximum absolute atomic E-state index is 11.7. The van der Waals surface area contributed by atoms with Crippen molar-refractivity contribution in [3.8, 4) is 0 Å². The number of aromatic nitrogens is 1. The Hall–Kier alpha value is -2.56. The van der Waals surface area contributed by atoms with Crippen LogP contribution in [0.1, 0.15) is 11.1 Å². The predicted octanol–water partition coefficient (Wildman–Crippen LogP) is 1.19. The van der Waals surface area contributed by atoms with E-state index in [9.17, 15) is 4.79 Å². The summed E-state index contributed by atoms with van der Waals surface area (Å²) in [4.78, 5) is 15.7. The minimum Gasteiger partial charge on any atom is -0.359 e. The first kappa shape index (κ1) is 14.8. The number of guanidine groups is 1. The van der Waals surface area contributed by atoms with Crippen molar-refractivity contribution >= 4 is 5.96 Å². The number of nitrogens with zero attached hydrogens (tertiary/aromatic N) is 2. The number of nitrogens with one attached hydrogen (secondary N) is 2. The molecular formula is C16H20N4O. The van der Waals surface area contributed by atoms with Gasteiger partial charge < -0.3 is 15.2 Å². The zero-order chi connectivity index (χ0) is 15.1. The van der Waals surface area contributed by atoms with Crippen LogP contribution in [0, 0.1) is 0 Å². The lowest BCUT2D eigenvalue weighted by Gasteiger charge is -2.09. The van der Waals surface area contributed by atoms with Crippen LogP contribution in [0.2, 0.25) is 0 Å². The largest absolute Gasteiger partial charge is 0.359 e. The smallest absolute Gasteiger partial charge is 0.250 e. The highest BCUT2D eigenvalue weighted by molar-refractivity contribution is 5.79. The lowest BCUT2D eigenvalue weighted by atomic mass is 10.1. The second-order valence-corrected chi connectivity index (χ2v) is 4.66. The molecule has 0 saturated carbocycles. The average Bonchev–Trinajstić information content (AvgIpc) is 2.52. The molecule has 0 fully saturated rings. The number of aliphatic imine (C=N–C) groups is 1. The molecule has 0 aliphatic rings. The normalized spacial score (nSPS) is 11.2. The van der Waals surface area contributed by atoms with E-state index in [4.69, 9.17) is 0 Å². The minimum atomic E-state index is 0.0149. The summed E-state index contributed by atoms with van der Waals surface area (Å²) in [5.41, 5.74) is 2.28. The van der Waals surface area contributed by atoms with Crippen LogP contribution in [0.4, 0.5) is 0 Å². The van der Waals surface area contributed by atoms with E-state index < -0.39 is 0 Å². The van der Waals surface area contributed by atoms with Crippen molar-refractivity contribution < 1.29 is 0 Å². The molecule has 5 nitrogen and oxygen atoms in total. The molecule has 2 aromatic rings. The standard InChI is InChI=1S/C16H20N4O/c1-17-16(18-2)19-11-13-6-8-14(9-7-13)12-20-10-4-3-5-15(20)21/h3-10H,11-12H2,1-2H3,(H2,17,18,19). The van der Waals surface area contributed by atoms with E-state index >= 15 is 0 Å². The van der Waals surface area contributed by atoms with Crippen molar-refractivity contribution in [1.29, 1.82) is 0 Å². The molecule has 1 aromatic carbocycles. The third-order valence-electron chi connectivity index (χ3n) is 3.20. The molecule has 0 unspecified atom stereocenters. The van der Waals surface area contributed by atoms with Gasteiger partial charge in [-0.25, -0.2) is 0 Å². The van der Waals surface area contributed by atoms with Crippen LogP contribution in [0.25, 0.3) is 0 Å². The quantitative estimate of drug-likeness (QED) is 0.655. The summed E-state index contributed by atoms with van der Waals surface area (Å²) >= 11 is 0. The molecule has 1 aromatic heterocycles. The van der Waals surface area contributed by atoms with Crippen LogP contribution in [-0.2, 0) is 13.1 Å². The van der Waals surface area contributed by atoms with Gasteiger partial charge in [-0.2, -0.15) is 0 Å². The molecule has 2 N–H and O–H groups in total. The molecule has 0 bridgehead atoms. The molecule has 0 radical (unpaired) electrons. The maximum atomic E-state index is 11.7. The van der Waals surface area contributed by atoms with Gasteiger partial charge in [0.05, 0.1) is 6.54 Å². The highest BCUT2D eigenvalue weighted by atomic mass is 16.1. The first-order valence-corrected chi connectivity index (χ1v) is 6.84. The third-order valence-corrected chi connectivity index (χ3v) is 3.20.